The maximum atomic E-state index is 12.6. The second-order valence-corrected chi connectivity index (χ2v) is 5.71. The van der Waals surface area contributed by atoms with Crippen molar-refractivity contribution >= 4 is 23.5 Å². The number of halogens is 1. The van der Waals surface area contributed by atoms with Gasteiger partial charge in [0.1, 0.15) is 11.6 Å². The Kier molecular flexibility index (Phi) is 6.77. The molecule has 6 nitrogen and oxygen atoms in total. The van der Waals surface area contributed by atoms with Crippen LogP contribution in [0.3, 0.4) is 0 Å². The number of amides is 1. The highest BCUT2D eigenvalue weighted by atomic mass is 35.5. The maximum Gasteiger partial charge on any atom is 0.323 e. The fourth-order valence-electron chi connectivity index (χ4n) is 2.29. The third-order valence-corrected chi connectivity index (χ3v) is 3.73. The Balaban J connectivity index is 2.14. The van der Waals surface area contributed by atoms with Crippen LogP contribution in [0.15, 0.2) is 42.6 Å². The van der Waals surface area contributed by atoms with Gasteiger partial charge >= 0.3 is 5.97 Å². The molecule has 1 heterocycles. The van der Waals surface area contributed by atoms with Gasteiger partial charge in [-0.25, -0.2) is 4.98 Å². The normalized spacial score (nSPS) is 10.3. The number of carbonyl (C=O) groups is 2. The first-order valence-corrected chi connectivity index (χ1v) is 8.22. The lowest BCUT2D eigenvalue weighted by Crippen LogP contribution is -2.37. The number of aromatic nitrogens is 1. The molecule has 0 radical (unpaired) electrons. The zero-order valence-electron chi connectivity index (χ0n) is 13.8. The number of nitrogens with zero attached hydrogens (tertiary/aromatic N) is 2. The molecule has 0 saturated heterocycles. The summed E-state index contributed by atoms with van der Waals surface area (Å²) in [4.78, 5) is 29.0. The van der Waals surface area contributed by atoms with Crippen molar-refractivity contribution in [3.8, 4) is 5.88 Å². The van der Waals surface area contributed by atoms with E-state index in [0.29, 0.717) is 13.0 Å². The van der Waals surface area contributed by atoms with E-state index in [1.54, 1.807) is 6.92 Å². The highest BCUT2D eigenvalue weighted by molar-refractivity contribution is 6.32. The van der Waals surface area contributed by atoms with Crippen LogP contribution in [0.5, 0.6) is 5.88 Å². The first-order valence-electron chi connectivity index (χ1n) is 7.84. The predicted octanol–water partition coefficient (Wildman–Crippen LogP) is 2.90. The summed E-state index contributed by atoms with van der Waals surface area (Å²) < 4.78 is 5.24. The van der Waals surface area contributed by atoms with Gasteiger partial charge in [0.25, 0.3) is 5.91 Å². The van der Waals surface area contributed by atoms with E-state index < -0.39 is 18.4 Å². The van der Waals surface area contributed by atoms with Crippen LogP contribution in [0.2, 0.25) is 5.02 Å². The smallest absolute Gasteiger partial charge is 0.323 e. The molecule has 132 valence electrons. The number of aliphatic carboxylic acids is 1. The predicted molar refractivity (Wildman–Crippen MR) is 94.1 cm³/mol. The van der Waals surface area contributed by atoms with Gasteiger partial charge in [-0.1, -0.05) is 41.9 Å². The molecule has 2 aromatic rings. The Hall–Kier alpha value is -2.60. The second-order valence-electron chi connectivity index (χ2n) is 5.30. The number of carboxylic acid groups (broad SMARTS) is 1. The average Bonchev–Trinajstić information content (AvgIpc) is 2.60. The molecule has 7 heteroatoms. The zero-order chi connectivity index (χ0) is 18.2. The number of ether oxygens (including phenoxy) is 1. The van der Waals surface area contributed by atoms with Gasteiger partial charge < -0.3 is 14.7 Å². The molecule has 1 aromatic carbocycles. The van der Waals surface area contributed by atoms with Crippen LogP contribution < -0.4 is 4.74 Å². The lowest BCUT2D eigenvalue weighted by molar-refractivity contribution is -0.137. The van der Waals surface area contributed by atoms with E-state index in [0.717, 1.165) is 5.56 Å². The number of hydrogen-bond acceptors (Lipinski definition) is 4. The highest BCUT2D eigenvalue weighted by Gasteiger charge is 2.20. The van der Waals surface area contributed by atoms with Gasteiger partial charge in [0, 0.05) is 12.7 Å². The van der Waals surface area contributed by atoms with Gasteiger partial charge in [0.15, 0.2) is 0 Å². The first-order chi connectivity index (χ1) is 12.0. The van der Waals surface area contributed by atoms with Crippen molar-refractivity contribution in [2.75, 3.05) is 19.7 Å². The minimum absolute atomic E-state index is 0.214. The van der Waals surface area contributed by atoms with Crippen LogP contribution in [0.25, 0.3) is 0 Å². The molecule has 25 heavy (non-hydrogen) atoms. The Morgan fingerprint density at radius 3 is 2.60 bits per heavy atom. The molecule has 1 amide bonds. The quantitative estimate of drug-likeness (QED) is 0.781. The minimum Gasteiger partial charge on any atom is -0.480 e. The number of carbonyl (C=O) groups excluding carboxylic acids is 1. The standard InChI is InChI=1S/C18H19ClN2O4/c1-2-25-17-15(19)10-14(11-20-17)18(24)21(12-16(22)23)9-8-13-6-4-3-5-7-13/h3-7,10-11H,2,8-9,12H2,1H3,(H,22,23). The molecule has 0 aliphatic heterocycles. The molecule has 0 unspecified atom stereocenters. The molecule has 0 fully saturated rings. The second kappa shape index (κ2) is 9.03. The van der Waals surface area contributed by atoms with E-state index in [-0.39, 0.29) is 23.0 Å². The highest BCUT2D eigenvalue weighted by Crippen LogP contribution is 2.23. The number of carboxylic acids is 1. The average molecular weight is 363 g/mol. The van der Waals surface area contributed by atoms with Crippen LogP contribution in [0, 0.1) is 0 Å². The lowest BCUT2D eigenvalue weighted by Gasteiger charge is -2.21. The number of hydrogen-bond donors (Lipinski definition) is 1. The van der Waals surface area contributed by atoms with Gasteiger partial charge in [-0.15, -0.1) is 0 Å². The Morgan fingerprint density at radius 2 is 2.00 bits per heavy atom. The van der Waals surface area contributed by atoms with Crippen molar-refractivity contribution in [2.24, 2.45) is 0 Å². The van der Waals surface area contributed by atoms with Crippen molar-refractivity contribution < 1.29 is 19.4 Å². The van der Waals surface area contributed by atoms with Crippen LogP contribution in [0.1, 0.15) is 22.8 Å². The van der Waals surface area contributed by atoms with Crippen LogP contribution in [0.4, 0.5) is 0 Å². The van der Waals surface area contributed by atoms with E-state index in [9.17, 15) is 9.59 Å². The third kappa shape index (κ3) is 5.46. The first kappa shape index (κ1) is 18.7. The summed E-state index contributed by atoms with van der Waals surface area (Å²) in [6.07, 6.45) is 1.90. The zero-order valence-corrected chi connectivity index (χ0v) is 14.6. The van der Waals surface area contributed by atoms with E-state index >= 15 is 0 Å². The number of rotatable bonds is 8. The van der Waals surface area contributed by atoms with Crippen LogP contribution >= 0.6 is 11.6 Å². The fourth-order valence-corrected chi connectivity index (χ4v) is 2.51. The van der Waals surface area contributed by atoms with Gasteiger partial charge in [-0.05, 0) is 25.0 Å². The molecule has 0 saturated carbocycles. The topological polar surface area (TPSA) is 79.7 Å². The maximum absolute atomic E-state index is 12.6. The largest absolute Gasteiger partial charge is 0.480 e. The summed E-state index contributed by atoms with van der Waals surface area (Å²) in [6.45, 7) is 2.09. The van der Waals surface area contributed by atoms with E-state index in [4.69, 9.17) is 21.4 Å². The SMILES string of the molecule is CCOc1ncc(C(=O)N(CCc2ccccc2)CC(=O)O)cc1Cl. The summed E-state index contributed by atoms with van der Waals surface area (Å²) in [5.74, 6) is -1.27. The summed E-state index contributed by atoms with van der Waals surface area (Å²) in [7, 11) is 0. The molecular formula is C18H19ClN2O4. The van der Waals surface area contributed by atoms with Crippen LogP contribution in [-0.2, 0) is 11.2 Å². The summed E-state index contributed by atoms with van der Waals surface area (Å²) in [5, 5.41) is 9.30. The Morgan fingerprint density at radius 1 is 1.28 bits per heavy atom. The minimum atomic E-state index is -1.08. The monoisotopic (exact) mass is 362 g/mol. The summed E-state index contributed by atoms with van der Waals surface area (Å²) in [6, 6.07) is 11.0. The molecule has 2 rings (SSSR count). The van der Waals surface area contributed by atoms with Crippen molar-refractivity contribution in [3.63, 3.8) is 0 Å². The Bertz CT molecular complexity index is 737. The summed E-state index contributed by atoms with van der Waals surface area (Å²) in [5.41, 5.74) is 1.25. The molecule has 0 aliphatic rings. The molecule has 0 aliphatic carbocycles. The van der Waals surface area contributed by atoms with E-state index in [1.807, 2.05) is 30.3 Å². The van der Waals surface area contributed by atoms with Crippen molar-refractivity contribution in [1.82, 2.24) is 9.88 Å². The van der Waals surface area contributed by atoms with Gasteiger partial charge in [0.05, 0.1) is 12.2 Å². The molecule has 0 bridgehead atoms. The molecular weight excluding hydrogens is 344 g/mol. The lowest BCUT2D eigenvalue weighted by atomic mass is 10.1. The number of benzene rings is 1. The van der Waals surface area contributed by atoms with Gasteiger partial charge in [-0.3, -0.25) is 9.59 Å². The van der Waals surface area contributed by atoms with E-state index in [1.165, 1.54) is 17.2 Å². The van der Waals surface area contributed by atoms with Gasteiger partial charge in [0.2, 0.25) is 5.88 Å². The molecule has 1 N–H and O–H groups in total. The fraction of sp³-hybridized carbons (Fsp3) is 0.278. The van der Waals surface area contributed by atoms with Crippen molar-refractivity contribution in [3.05, 3.63) is 58.7 Å². The van der Waals surface area contributed by atoms with Crippen molar-refractivity contribution in [2.45, 2.75) is 13.3 Å². The van der Waals surface area contributed by atoms with Crippen LogP contribution in [-0.4, -0.2) is 46.6 Å². The molecule has 0 atom stereocenters. The summed E-state index contributed by atoms with van der Waals surface area (Å²) >= 11 is 6.06. The van der Waals surface area contributed by atoms with E-state index in [2.05, 4.69) is 4.98 Å². The van der Waals surface area contributed by atoms with Gasteiger partial charge in [-0.2, -0.15) is 0 Å². The van der Waals surface area contributed by atoms with Crippen molar-refractivity contribution in [1.29, 1.82) is 0 Å². The molecule has 0 spiro atoms. The number of pyridine rings is 1. The Labute approximate surface area is 151 Å². The molecule has 1 aromatic heterocycles. The third-order valence-electron chi connectivity index (χ3n) is 3.46.